The van der Waals surface area contributed by atoms with Gasteiger partial charge in [-0.2, -0.15) is 0 Å². The predicted molar refractivity (Wildman–Crippen MR) is 70.2 cm³/mol. The maximum atomic E-state index is 12.3. The first-order valence-electron chi connectivity index (χ1n) is 6.02. The molecule has 0 aliphatic heterocycles. The molecule has 0 aromatic heterocycles. The van der Waals surface area contributed by atoms with Crippen LogP contribution in [0.5, 0.6) is 17.2 Å². The lowest BCUT2D eigenvalue weighted by atomic mass is 9.92. The third-order valence-electron chi connectivity index (χ3n) is 3.30. The second-order valence-corrected chi connectivity index (χ2v) is 4.44. The van der Waals surface area contributed by atoms with Gasteiger partial charge in [0.25, 0.3) is 0 Å². The van der Waals surface area contributed by atoms with Gasteiger partial charge in [-0.25, -0.2) is 0 Å². The number of aldehydes is 1. The van der Waals surface area contributed by atoms with Crippen LogP contribution >= 0.6 is 0 Å². The molecule has 1 atom stereocenters. The van der Waals surface area contributed by atoms with Crippen molar-refractivity contribution in [2.45, 2.75) is 27.2 Å². The summed E-state index contributed by atoms with van der Waals surface area (Å²) in [6.07, 6.45) is 0.919. The van der Waals surface area contributed by atoms with Crippen LogP contribution in [0.3, 0.4) is 0 Å². The van der Waals surface area contributed by atoms with Crippen molar-refractivity contribution in [3.05, 3.63) is 16.7 Å². The molecule has 5 nitrogen and oxygen atoms in total. The van der Waals surface area contributed by atoms with Crippen molar-refractivity contribution in [2.24, 2.45) is 5.92 Å². The second kappa shape index (κ2) is 5.73. The highest BCUT2D eigenvalue weighted by Crippen LogP contribution is 2.42. The number of aromatic hydroxyl groups is 2. The molecule has 0 spiro atoms. The molecular formula is C14H18O5. The molecule has 1 aromatic rings. The summed E-state index contributed by atoms with van der Waals surface area (Å²) in [5.41, 5.74) is -0.0757. The average Bonchev–Trinajstić information content (AvgIpc) is 2.41. The van der Waals surface area contributed by atoms with Gasteiger partial charge in [0.05, 0.1) is 12.7 Å². The summed E-state index contributed by atoms with van der Waals surface area (Å²) >= 11 is 0. The highest BCUT2D eigenvalue weighted by atomic mass is 16.5. The van der Waals surface area contributed by atoms with Crippen LogP contribution < -0.4 is 4.74 Å². The summed E-state index contributed by atoms with van der Waals surface area (Å²) in [5, 5.41) is 19.8. The van der Waals surface area contributed by atoms with E-state index in [2.05, 4.69) is 0 Å². The van der Waals surface area contributed by atoms with Crippen molar-refractivity contribution in [2.75, 3.05) is 7.11 Å². The highest BCUT2D eigenvalue weighted by Gasteiger charge is 2.28. The molecule has 0 saturated carbocycles. The van der Waals surface area contributed by atoms with E-state index >= 15 is 0 Å². The molecule has 1 rings (SSSR count). The van der Waals surface area contributed by atoms with E-state index in [0.717, 1.165) is 0 Å². The lowest BCUT2D eigenvalue weighted by Gasteiger charge is -2.17. The number of phenolic OH excluding ortho intramolecular Hbond substituents is 2. The van der Waals surface area contributed by atoms with E-state index in [9.17, 15) is 19.8 Å². The van der Waals surface area contributed by atoms with E-state index < -0.39 is 5.75 Å². The van der Waals surface area contributed by atoms with Gasteiger partial charge in [0, 0.05) is 11.5 Å². The van der Waals surface area contributed by atoms with E-state index in [1.54, 1.807) is 6.92 Å². The molecule has 1 unspecified atom stereocenters. The fourth-order valence-corrected chi connectivity index (χ4v) is 1.88. The molecule has 2 N–H and O–H groups in total. The van der Waals surface area contributed by atoms with Crippen molar-refractivity contribution < 1.29 is 24.5 Å². The number of methoxy groups -OCH3 is 1. The fourth-order valence-electron chi connectivity index (χ4n) is 1.88. The highest BCUT2D eigenvalue weighted by molar-refractivity contribution is 6.06. The molecule has 0 bridgehead atoms. The Kier molecular flexibility index (Phi) is 4.53. The molecule has 5 heteroatoms. The lowest BCUT2D eigenvalue weighted by molar-refractivity contribution is 0.0921. The maximum Gasteiger partial charge on any atom is 0.173 e. The van der Waals surface area contributed by atoms with E-state index in [1.807, 2.05) is 6.92 Å². The van der Waals surface area contributed by atoms with E-state index in [0.29, 0.717) is 12.7 Å². The summed E-state index contributed by atoms with van der Waals surface area (Å²) in [5.74, 6) is -1.43. The second-order valence-electron chi connectivity index (χ2n) is 4.44. The summed E-state index contributed by atoms with van der Waals surface area (Å²) in [6.45, 7) is 5.10. The van der Waals surface area contributed by atoms with Gasteiger partial charge in [0.15, 0.2) is 12.1 Å². The van der Waals surface area contributed by atoms with Gasteiger partial charge < -0.3 is 14.9 Å². The van der Waals surface area contributed by atoms with Gasteiger partial charge >= 0.3 is 0 Å². The number of ketones is 1. The number of carbonyl (C=O) groups excluding carboxylic acids is 2. The number of phenols is 2. The van der Waals surface area contributed by atoms with Crippen LogP contribution in [0.15, 0.2) is 0 Å². The summed E-state index contributed by atoms with van der Waals surface area (Å²) < 4.78 is 5.10. The number of hydrogen-bond donors (Lipinski definition) is 2. The number of Topliss-reactive ketones (excluding diaryl/α,β-unsaturated/α-hetero) is 1. The quantitative estimate of drug-likeness (QED) is 0.631. The van der Waals surface area contributed by atoms with Gasteiger partial charge in [-0.3, -0.25) is 9.59 Å². The zero-order valence-corrected chi connectivity index (χ0v) is 11.5. The Hall–Kier alpha value is -2.04. The van der Waals surface area contributed by atoms with Crippen molar-refractivity contribution in [1.82, 2.24) is 0 Å². The van der Waals surface area contributed by atoms with Crippen LogP contribution in [0.1, 0.15) is 46.5 Å². The monoisotopic (exact) mass is 266 g/mol. The minimum absolute atomic E-state index is 0.0470. The SMILES string of the molecule is CCC(C)C(=O)c1c(O)c(C=O)c(O)c(C)c1OC. The lowest BCUT2D eigenvalue weighted by Crippen LogP contribution is -2.13. The first-order valence-corrected chi connectivity index (χ1v) is 6.02. The number of rotatable bonds is 5. The fraction of sp³-hybridized carbons (Fsp3) is 0.429. The largest absolute Gasteiger partial charge is 0.507 e. The first kappa shape index (κ1) is 15.0. The van der Waals surface area contributed by atoms with Crippen LogP contribution in [-0.2, 0) is 0 Å². The Bertz CT molecular complexity index is 519. The van der Waals surface area contributed by atoms with E-state index in [1.165, 1.54) is 14.0 Å². The molecule has 0 radical (unpaired) electrons. The van der Waals surface area contributed by atoms with Gasteiger partial charge in [0.2, 0.25) is 0 Å². The zero-order valence-electron chi connectivity index (χ0n) is 11.5. The molecule has 0 heterocycles. The molecule has 0 aliphatic rings. The van der Waals surface area contributed by atoms with E-state index in [-0.39, 0.29) is 39.9 Å². The Morgan fingerprint density at radius 2 is 1.95 bits per heavy atom. The number of carbonyl (C=O) groups is 2. The third-order valence-corrected chi connectivity index (χ3v) is 3.30. The standard InChI is InChI=1S/C14H18O5/c1-5-7(2)11(16)10-13(18)9(6-15)12(17)8(3)14(10)19-4/h6-7,17-18H,5H2,1-4H3. The topological polar surface area (TPSA) is 83.8 Å². The maximum absolute atomic E-state index is 12.3. The van der Waals surface area contributed by atoms with Crippen LogP contribution in [0.4, 0.5) is 0 Å². The summed E-state index contributed by atoms with van der Waals surface area (Å²) in [6, 6.07) is 0. The number of hydrogen-bond acceptors (Lipinski definition) is 5. The average molecular weight is 266 g/mol. The van der Waals surface area contributed by atoms with Crippen LogP contribution in [0, 0.1) is 12.8 Å². The Balaban J connectivity index is 3.66. The van der Waals surface area contributed by atoms with Gasteiger partial charge in [-0.15, -0.1) is 0 Å². The van der Waals surface area contributed by atoms with Crippen molar-refractivity contribution >= 4 is 12.1 Å². The van der Waals surface area contributed by atoms with Gasteiger partial charge in [-0.1, -0.05) is 13.8 Å². The zero-order chi connectivity index (χ0) is 14.7. The normalized spacial score (nSPS) is 12.0. The molecule has 0 fully saturated rings. The van der Waals surface area contributed by atoms with Gasteiger partial charge in [0.1, 0.15) is 22.8 Å². The number of benzene rings is 1. The molecular weight excluding hydrogens is 248 g/mol. The summed E-state index contributed by atoms with van der Waals surface area (Å²) in [4.78, 5) is 23.2. The third kappa shape index (κ3) is 2.41. The molecule has 104 valence electrons. The first-order chi connectivity index (χ1) is 8.90. The number of ether oxygens (including phenoxy) is 1. The van der Waals surface area contributed by atoms with Crippen LogP contribution in [0.2, 0.25) is 0 Å². The van der Waals surface area contributed by atoms with E-state index in [4.69, 9.17) is 4.74 Å². The van der Waals surface area contributed by atoms with Crippen LogP contribution in [0.25, 0.3) is 0 Å². The molecule has 0 aliphatic carbocycles. The molecule has 0 amide bonds. The smallest absolute Gasteiger partial charge is 0.173 e. The van der Waals surface area contributed by atoms with Crippen molar-refractivity contribution in [3.63, 3.8) is 0 Å². The Labute approximate surface area is 111 Å². The molecule has 19 heavy (non-hydrogen) atoms. The summed E-state index contributed by atoms with van der Waals surface area (Å²) in [7, 11) is 1.34. The molecule has 0 saturated heterocycles. The van der Waals surface area contributed by atoms with Crippen molar-refractivity contribution in [3.8, 4) is 17.2 Å². The molecule has 1 aromatic carbocycles. The predicted octanol–water partition coefficient (Wildman–Crippen LogP) is 2.46. The Morgan fingerprint density at radius 1 is 1.37 bits per heavy atom. The van der Waals surface area contributed by atoms with Gasteiger partial charge in [-0.05, 0) is 13.3 Å². The van der Waals surface area contributed by atoms with Crippen LogP contribution in [-0.4, -0.2) is 29.4 Å². The minimum Gasteiger partial charge on any atom is -0.507 e. The minimum atomic E-state index is -0.528. The van der Waals surface area contributed by atoms with Crippen molar-refractivity contribution in [1.29, 1.82) is 0 Å². The Morgan fingerprint density at radius 3 is 2.37 bits per heavy atom.